The SMILES string of the molecule is CC(O)C(NC(=O)C(N)Cc1ccccc1)C(=O)NC(CO)C(=O)O. The number of hydrogen-bond donors (Lipinski definition) is 6. The number of carboxylic acid groups (broad SMARTS) is 1. The Kier molecular flexibility index (Phi) is 7.99. The lowest BCUT2D eigenvalue weighted by Crippen LogP contribution is -2.58. The molecule has 7 N–H and O–H groups in total. The lowest BCUT2D eigenvalue weighted by atomic mass is 10.0. The highest BCUT2D eigenvalue weighted by Gasteiger charge is 2.30. The van der Waals surface area contributed by atoms with Gasteiger partial charge in [-0.3, -0.25) is 9.59 Å². The molecule has 0 fully saturated rings. The predicted octanol–water partition coefficient (Wildman–Crippen LogP) is -2.02. The molecule has 4 unspecified atom stereocenters. The summed E-state index contributed by atoms with van der Waals surface area (Å²) in [6, 6.07) is 5.12. The van der Waals surface area contributed by atoms with Crippen LogP contribution in [0.4, 0.5) is 0 Å². The van der Waals surface area contributed by atoms with E-state index in [0.29, 0.717) is 0 Å². The zero-order valence-corrected chi connectivity index (χ0v) is 13.8. The molecule has 0 saturated carbocycles. The van der Waals surface area contributed by atoms with Crippen molar-refractivity contribution in [1.82, 2.24) is 10.6 Å². The smallest absolute Gasteiger partial charge is 0.328 e. The maximum absolute atomic E-state index is 12.2. The van der Waals surface area contributed by atoms with Gasteiger partial charge in [-0.1, -0.05) is 30.3 Å². The molecule has 0 aliphatic heterocycles. The first-order valence-corrected chi connectivity index (χ1v) is 7.68. The second kappa shape index (κ2) is 9.72. The van der Waals surface area contributed by atoms with E-state index in [-0.39, 0.29) is 6.42 Å². The molecule has 2 amide bonds. The summed E-state index contributed by atoms with van der Waals surface area (Å²) in [7, 11) is 0. The molecule has 1 rings (SSSR count). The molecule has 0 radical (unpaired) electrons. The molecule has 0 aliphatic rings. The Balaban J connectivity index is 2.71. The van der Waals surface area contributed by atoms with Crippen molar-refractivity contribution in [3.8, 4) is 0 Å². The topological polar surface area (TPSA) is 162 Å². The van der Waals surface area contributed by atoms with E-state index in [9.17, 15) is 19.5 Å². The van der Waals surface area contributed by atoms with E-state index in [2.05, 4.69) is 5.32 Å². The molecule has 9 heteroatoms. The predicted molar refractivity (Wildman–Crippen MR) is 88.4 cm³/mol. The molecule has 0 bridgehead atoms. The Morgan fingerprint density at radius 1 is 1.12 bits per heavy atom. The van der Waals surface area contributed by atoms with E-state index in [0.717, 1.165) is 5.56 Å². The summed E-state index contributed by atoms with van der Waals surface area (Å²) in [5.41, 5.74) is 6.64. The minimum atomic E-state index is -1.54. The van der Waals surface area contributed by atoms with Crippen molar-refractivity contribution < 1.29 is 29.7 Å². The summed E-state index contributed by atoms with van der Waals surface area (Å²) in [6.45, 7) is 0.442. The highest BCUT2D eigenvalue weighted by Crippen LogP contribution is 2.03. The minimum absolute atomic E-state index is 0.231. The molecule has 138 valence electrons. The monoisotopic (exact) mass is 353 g/mol. The number of aliphatic hydroxyl groups is 2. The van der Waals surface area contributed by atoms with Gasteiger partial charge >= 0.3 is 5.97 Å². The first-order chi connectivity index (χ1) is 11.8. The van der Waals surface area contributed by atoms with Crippen LogP contribution in [0.1, 0.15) is 12.5 Å². The van der Waals surface area contributed by atoms with Gasteiger partial charge in [-0.05, 0) is 18.9 Å². The molecular formula is C16H23N3O6. The molecule has 4 atom stereocenters. The number of carboxylic acids is 1. The van der Waals surface area contributed by atoms with Gasteiger partial charge in [0, 0.05) is 0 Å². The Bertz CT molecular complexity index is 593. The van der Waals surface area contributed by atoms with Crippen LogP contribution in [0.15, 0.2) is 30.3 Å². The van der Waals surface area contributed by atoms with E-state index in [1.54, 1.807) is 24.3 Å². The van der Waals surface area contributed by atoms with E-state index >= 15 is 0 Å². The maximum atomic E-state index is 12.2. The Morgan fingerprint density at radius 2 is 1.72 bits per heavy atom. The molecule has 1 aromatic rings. The van der Waals surface area contributed by atoms with Crippen molar-refractivity contribution in [3.05, 3.63) is 35.9 Å². The fraction of sp³-hybridized carbons (Fsp3) is 0.438. The molecule has 0 aliphatic carbocycles. The number of aliphatic hydroxyl groups excluding tert-OH is 2. The van der Waals surface area contributed by atoms with E-state index in [4.69, 9.17) is 15.9 Å². The first kappa shape index (κ1) is 20.6. The fourth-order valence-electron chi connectivity index (χ4n) is 2.07. The largest absolute Gasteiger partial charge is 0.480 e. The third kappa shape index (κ3) is 6.49. The van der Waals surface area contributed by atoms with Gasteiger partial charge in [0.15, 0.2) is 0 Å². The summed E-state index contributed by atoms with van der Waals surface area (Å²) < 4.78 is 0. The normalized spacial score (nSPS) is 15.5. The minimum Gasteiger partial charge on any atom is -0.480 e. The molecule has 25 heavy (non-hydrogen) atoms. The number of nitrogens with one attached hydrogen (secondary N) is 2. The molecule has 0 saturated heterocycles. The lowest BCUT2D eigenvalue weighted by molar-refractivity contribution is -0.144. The number of hydrogen-bond acceptors (Lipinski definition) is 6. The Labute approximate surface area is 144 Å². The van der Waals surface area contributed by atoms with Crippen LogP contribution in [-0.4, -0.2) is 63.9 Å². The molecule has 1 aromatic carbocycles. The van der Waals surface area contributed by atoms with Crippen LogP contribution in [0.25, 0.3) is 0 Å². The maximum Gasteiger partial charge on any atom is 0.328 e. The van der Waals surface area contributed by atoms with Crippen LogP contribution >= 0.6 is 0 Å². The van der Waals surface area contributed by atoms with Crippen molar-refractivity contribution in [1.29, 1.82) is 0 Å². The van der Waals surface area contributed by atoms with Crippen molar-refractivity contribution in [2.24, 2.45) is 5.73 Å². The molecule has 9 nitrogen and oxygen atoms in total. The third-order valence-corrected chi connectivity index (χ3v) is 3.50. The van der Waals surface area contributed by atoms with E-state index in [1.165, 1.54) is 6.92 Å². The average Bonchev–Trinajstić information content (AvgIpc) is 2.57. The van der Waals surface area contributed by atoms with Crippen molar-refractivity contribution in [3.63, 3.8) is 0 Å². The third-order valence-electron chi connectivity index (χ3n) is 3.50. The standard InChI is InChI=1S/C16H23N3O6/c1-9(21)13(15(23)18-12(8-20)16(24)25)19-14(22)11(17)7-10-5-3-2-4-6-10/h2-6,9,11-13,20-21H,7-8,17H2,1H3,(H,18,23)(H,19,22)(H,24,25). The number of nitrogens with two attached hydrogens (primary N) is 1. The molecule has 0 spiro atoms. The first-order valence-electron chi connectivity index (χ1n) is 7.68. The summed E-state index contributed by atoms with van der Waals surface area (Å²) >= 11 is 0. The molecular weight excluding hydrogens is 330 g/mol. The zero-order chi connectivity index (χ0) is 19.0. The van der Waals surface area contributed by atoms with Crippen LogP contribution < -0.4 is 16.4 Å². The second-order valence-electron chi connectivity index (χ2n) is 5.61. The van der Waals surface area contributed by atoms with Gasteiger partial charge in [-0.25, -0.2) is 4.79 Å². The fourth-order valence-corrected chi connectivity index (χ4v) is 2.07. The van der Waals surface area contributed by atoms with E-state index in [1.807, 2.05) is 11.4 Å². The van der Waals surface area contributed by atoms with Gasteiger partial charge < -0.3 is 31.7 Å². The van der Waals surface area contributed by atoms with Crippen molar-refractivity contribution in [2.75, 3.05) is 6.61 Å². The van der Waals surface area contributed by atoms with Gasteiger partial charge in [-0.2, -0.15) is 0 Å². The van der Waals surface area contributed by atoms with Crippen LogP contribution in [-0.2, 0) is 20.8 Å². The summed E-state index contributed by atoms with van der Waals surface area (Å²) in [5.74, 6) is -3.04. The number of carbonyl (C=O) groups is 3. The van der Waals surface area contributed by atoms with Crippen molar-refractivity contribution in [2.45, 2.75) is 37.6 Å². The number of amides is 2. The average molecular weight is 353 g/mol. The van der Waals surface area contributed by atoms with Gasteiger partial charge in [0.25, 0.3) is 0 Å². The Hall–Kier alpha value is -2.49. The number of rotatable bonds is 9. The number of benzene rings is 1. The van der Waals surface area contributed by atoms with Gasteiger partial charge in [0.05, 0.1) is 18.8 Å². The van der Waals surface area contributed by atoms with Crippen molar-refractivity contribution >= 4 is 17.8 Å². The zero-order valence-electron chi connectivity index (χ0n) is 13.8. The summed E-state index contributed by atoms with van der Waals surface area (Å²) in [5, 5.41) is 31.8. The van der Waals surface area contributed by atoms with Gasteiger partial charge in [0.1, 0.15) is 12.1 Å². The van der Waals surface area contributed by atoms with Crippen LogP contribution in [0.2, 0.25) is 0 Å². The van der Waals surface area contributed by atoms with Crippen LogP contribution in [0.3, 0.4) is 0 Å². The summed E-state index contributed by atoms with van der Waals surface area (Å²) in [6.07, 6.45) is -1.06. The lowest BCUT2D eigenvalue weighted by Gasteiger charge is -2.24. The highest BCUT2D eigenvalue weighted by atomic mass is 16.4. The van der Waals surface area contributed by atoms with E-state index < -0.39 is 48.6 Å². The highest BCUT2D eigenvalue weighted by molar-refractivity contribution is 5.92. The summed E-state index contributed by atoms with van der Waals surface area (Å²) in [4.78, 5) is 35.1. The van der Waals surface area contributed by atoms with Gasteiger partial charge in [-0.15, -0.1) is 0 Å². The number of carbonyl (C=O) groups excluding carboxylic acids is 2. The number of aliphatic carboxylic acids is 1. The molecule has 0 heterocycles. The Morgan fingerprint density at radius 3 is 2.20 bits per heavy atom. The second-order valence-corrected chi connectivity index (χ2v) is 5.61. The quantitative estimate of drug-likeness (QED) is 0.299. The molecule has 0 aromatic heterocycles. The van der Waals surface area contributed by atoms with Crippen LogP contribution in [0.5, 0.6) is 0 Å². The van der Waals surface area contributed by atoms with Crippen LogP contribution in [0, 0.1) is 0 Å². The van der Waals surface area contributed by atoms with Gasteiger partial charge in [0.2, 0.25) is 11.8 Å².